The molecule has 0 spiro atoms. The molecule has 0 aromatic rings. The SMILES string of the molecule is [2H]CCCCCCCC(=O)N[C@H]1C(O)O[C@H](CO)[C@@H](O)[C@@H]1O. The molecular weight excluding hydrogens is 278 g/mol. The lowest BCUT2D eigenvalue weighted by atomic mass is 9.97. The summed E-state index contributed by atoms with van der Waals surface area (Å²) < 4.78 is 12.0. The van der Waals surface area contributed by atoms with Crippen molar-refractivity contribution in [3.8, 4) is 0 Å². The summed E-state index contributed by atoms with van der Waals surface area (Å²) in [4.78, 5) is 11.8. The maximum atomic E-state index is 11.8. The molecule has 0 saturated carbocycles. The molecule has 5 N–H and O–H groups in total. The summed E-state index contributed by atoms with van der Waals surface area (Å²) in [7, 11) is 0. The number of nitrogens with one attached hydrogen (secondary N) is 1. The molecular formula is C14H27NO6. The van der Waals surface area contributed by atoms with Gasteiger partial charge in [0.05, 0.1) is 6.61 Å². The molecule has 0 aliphatic carbocycles. The van der Waals surface area contributed by atoms with Crippen LogP contribution in [-0.4, -0.2) is 63.6 Å². The lowest BCUT2D eigenvalue weighted by molar-refractivity contribution is -0.253. The molecule has 124 valence electrons. The van der Waals surface area contributed by atoms with Crippen LogP contribution >= 0.6 is 0 Å². The van der Waals surface area contributed by atoms with E-state index in [1.165, 1.54) is 0 Å². The predicted molar refractivity (Wildman–Crippen MR) is 75.3 cm³/mol. The van der Waals surface area contributed by atoms with Crippen LogP contribution in [0.15, 0.2) is 0 Å². The summed E-state index contributed by atoms with van der Waals surface area (Å²) in [5, 5.41) is 40.8. The van der Waals surface area contributed by atoms with Crippen molar-refractivity contribution >= 4 is 5.91 Å². The van der Waals surface area contributed by atoms with Gasteiger partial charge in [-0.15, -0.1) is 0 Å². The van der Waals surface area contributed by atoms with Gasteiger partial charge in [-0.25, -0.2) is 0 Å². The van der Waals surface area contributed by atoms with Crippen LogP contribution in [0.4, 0.5) is 0 Å². The lowest BCUT2D eigenvalue weighted by Gasteiger charge is -2.40. The summed E-state index contributed by atoms with van der Waals surface area (Å²) in [6.07, 6.45) is -0.670. The largest absolute Gasteiger partial charge is 0.394 e. The molecule has 1 aliphatic heterocycles. The van der Waals surface area contributed by atoms with E-state index in [1.807, 2.05) is 0 Å². The maximum Gasteiger partial charge on any atom is 0.220 e. The Kier molecular flexibility index (Phi) is 7.38. The Labute approximate surface area is 126 Å². The van der Waals surface area contributed by atoms with Gasteiger partial charge in [-0.3, -0.25) is 4.79 Å². The smallest absolute Gasteiger partial charge is 0.220 e. The maximum absolute atomic E-state index is 11.8. The molecule has 0 aromatic heterocycles. The van der Waals surface area contributed by atoms with Crippen LogP contribution in [0, 0.1) is 0 Å². The van der Waals surface area contributed by atoms with Crippen LogP contribution in [0.3, 0.4) is 0 Å². The lowest BCUT2D eigenvalue weighted by Crippen LogP contribution is -2.64. The third-order valence-electron chi connectivity index (χ3n) is 3.63. The van der Waals surface area contributed by atoms with E-state index in [0.29, 0.717) is 13.3 Å². The van der Waals surface area contributed by atoms with Gasteiger partial charge in [0, 0.05) is 7.79 Å². The number of rotatable bonds is 8. The number of aliphatic hydroxyl groups is 4. The van der Waals surface area contributed by atoms with Crippen molar-refractivity contribution < 1.29 is 31.3 Å². The molecule has 5 atom stereocenters. The van der Waals surface area contributed by atoms with Crippen molar-refractivity contribution in [1.29, 1.82) is 0 Å². The van der Waals surface area contributed by atoms with Crippen LogP contribution < -0.4 is 5.32 Å². The normalized spacial score (nSPS) is 33.5. The second-order valence-electron chi connectivity index (χ2n) is 5.34. The molecule has 0 bridgehead atoms. The summed E-state index contributed by atoms with van der Waals surface area (Å²) in [5.74, 6) is -0.332. The summed E-state index contributed by atoms with van der Waals surface area (Å²) in [5.41, 5.74) is 0. The van der Waals surface area contributed by atoms with Gasteiger partial charge in [-0.05, 0) is 6.42 Å². The van der Waals surface area contributed by atoms with Crippen molar-refractivity contribution in [2.45, 2.75) is 76.1 Å². The Hall–Kier alpha value is -0.730. The van der Waals surface area contributed by atoms with Gasteiger partial charge in [0.25, 0.3) is 0 Å². The van der Waals surface area contributed by atoms with Gasteiger partial charge < -0.3 is 30.5 Å². The number of aliphatic hydroxyl groups excluding tert-OH is 4. The highest BCUT2D eigenvalue weighted by atomic mass is 16.6. The van der Waals surface area contributed by atoms with E-state index in [9.17, 15) is 20.1 Å². The minimum absolute atomic E-state index is 0.260. The first-order valence-corrected chi connectivity index (χ1v) is 7.40. The quantitative estimate of drug-likeness (QED) is 0.377. The molecule has 1 fully saturated rings. The fourth-order valence-corrected chi connectivity index (χ4v) is 2.33. The van der Waals surface area contributed by atoms with Crippen LogP contribution in [-0.2, 0) is 9.53 Å². The molecule has 7 nitrogen and oxygen atoms in total. The van der Waals surface area contributed by atoms with Gasteiger partial charge in [0.1, 0.15) is 24.4 Å². The van der Waals surface area contributed by atoms with E-state index in [0.717, 1.165) is 25.7 Å². The standard InChI is InChI=1S/C14H27NO6/c1-2-3-4-5-6-7-10(17)15-11-13(19)12(18)9(8-16)21-14(11)20/h9,11-14,16,18-20H,2-8H2,1H3,(H,15,17)/t9-,11-,12-,13-,14?/m1/s1/i1D. The van der Waals surface area contributed by atoms with Gasteiger partial charge in [-0.1, -0.05) is 32.6 Å². The van der Waals surface area contributed by atoms with E-state index < -0.39 is 37.3 Å². The third kappa shape index (κ3) is 5.52. The zero-order valence-corrected chi connectivity index (χ0v) is 12.1. The van der Waals surface area contributed by atoms with E-state index >= 15 is 0 Å². The Morgan fingerprint density at radius 3 is 2.57 bits per heavy atom. The number of hydrogen-bond acceptors (Lipinski definition) is 6. The summed E-state index contributed by atoms with van der Waals surface area (Å²) >= 11 is 0. The molecule has 0 radical (unpaired) electrons. The van der Waals surface area contributed by atoms with Crippen molar-refractivity contribution in [2.24, 2.45) is 0 Å². The van der Waals surface area contributed by atoms with E-state index in [2.05, 4.69) is 5.32 Å². The van der Waals surface area contributed by atoms with Crippen molar-refractivity contribution in [2.75, 3.05) is 6.61 Å². The van der Waals surface area contributed by atoms with E-state index in [1.54, 1.807) is 0 Å². The van der Waals surface area contributed by atoms with Crippen LogP contribution in [0.2, 0.25) is 0 Å². The van der Waals surface area contributed by atoms with Crippen molar-refractivity contribution in [1.82, 2.24) is 5.32 Å². The van der Waals surface area contributed by atoms with Crippen LogP contribution in [0.5, 0.6) is 0 Å². The molecule has 1 heterocycles. The van der Waals surface area contributed by atoms with Crippen molar-refractivity contribution in [3.63, 3.8) is 0 Å². The molecule has 1 rings (SSSR count). The summed E-state index contributed by atoms with van der Waals surface area (Å²) in [6, 6.07) is -1.12. The molecule has 1 aliphatic rings. The average Bonchev–Trinajstić information content (AvgIpc) is 2.50. The number of amides is 1. The second-order valence-corrected chi connectivity index (χ2v) is 5.34. The Morgan fingerprint density at radius 2 is 1.90 bits per heavy atom. The first-order valence-electron chi connectivity index (χ1n) is 8.11. The van der Waals surface area contributed by atoms with E-state index in [-0.39, 0.29) is 12.3 Å². The topological polar surface area (TPSA) is 119 Å². The van der Waals surface area contributed by atoms with Gasteiger partial charge >= 0.3 is 0 Å². The number of carbonyl (C=O) groups is 1. The first-order chi connectivity index (χ1) is 10.5. The Balaban J connectivity index is 2.31. The molecule has 21 heavy (non-hydrogen) atoms. The van der Waals surface area contributed by atoms with E-state index in [4.69, 9.17) is 11.2 Å². The predicted octanol–water partition coefficient (Wildman–Crippen LogP) is -0.737. The highest BCUT2D eigenvalue weighted by Crippen LogP contribution is 2.20. The van der Waals surface area contributed by atoms with Gasteiger partial charge in [-0.2, -0.15) is 0 Å². The number of hydrogen-bond donors (Lipinski definition) is 5. The number of carbonyl (C=O) groups excluding carboxylic acids is 1. The average molecular weight is 306 g/mol. The minimum Gasteiger partial charge on any atom is -0.394 e. The highest BCUT2D eigenvalue weighted by molar-refractivity contribution is 5.76. The van der Waals surface area contributed by atoms with Gasteiger partial charge in [0.2, 0.25) is 5.91 Å². The Bertz CT molecular complexity index is 332. The fourth-order valence-electron chi connectivity index (χ4n) is 2.33. The zero-order chi connectivity index (χ0) is 16.5. The van der Waals surface area contributed by atoms with Gasteiger partial charge in [0.15, 0.2) is 6.29 Å². The molecule has 1 saturated heterocycles. The number of unbranched alkanes of at least 4 members (excludes halogenated alkanes) is 4. The molecule has 1 unspecified atom stereocenters. The first kappa shape index (κ1) is 16.6. The zero-order valence-electron chi connectivity index (χ0n) is 13.1. The second kappa shape index (κ2) is 9.32. The molecule has 7 heteroatoms. The summed E-state index contributed by atoms with van der Waals surface area (Å²) in [6.45, 7) is -0.108. The van der Waals surface area contributed by atoms with Crippen LogP contribution in [0.25, 0.3) is 0 Å². The molecule has 1 amide bonds. The third-order valence-corrected chi connectivity index (χ3v) is 3.63. The fraction of sp³-hybridized carbons (Fsp3) is 0.929. The Morgan fingerprint density at radius 1 is 1.19 bits per heavy atom. The number of ether oxygens (including phenoxy) is 1. The minimum atomic E-state index is -1.48. The van der Waals surface area contributed by atoms with Crippen molar-refractivity contribution in [3.05, 3.63) is 0 Å². The monoisotopic (exact) mass is 306 g/mol. The van der Waals surface area contributed by atoms with Crippen LogP contribution in [0.1, 0.15) is 46.8 Å². The molecule has 0 aromatic carbocycles. The highest BCUT2D eigenvalue weighted by Gasteiger charge is 2.44.